The highest BCUT2D eigenvalue weighted by molar-refractivity contribution is 5.74. The number of carbonyl (C=O) groups is 1. The Bertz CT molecular complexity index is 154. The minimum atomic E-state index is -0.637. The molecule has 2 atom stereocenters. The molecule has 1 N–H and O–H groups in total. The second-order valence-corrected chi connectivity index (χ2v) is 2.97. The van der Waals surface area contributed by atoms with Crippen molar-refractivity contribution < 1.29 is 9.90 Å². The van der Waals surface area contributed by atoms with Gasteiger partial charge in [-0.1, -0.05) is 13.8 Å². The third-order valence-corrected chi connectivity index (χ3v) is 2.36. The standard InChI is InChI=1S/C8H15NO2/c1-3-9(4-2)7-5-6(7)8(10)11/h6-7H,3-5H2,1-2H3,(H,10,11). The number of carboxylic acid groups (broad SMARTS) is 1. The fourth-order valence-electron chi connectivity index (χ4n) is 1.54. The van der Waals surface area contributed by atoms with Crippen molar-refractivity contribution in [3.05, 3.63) is 0 Å². The summed E-state index contributed by atoms with van der Waals surface area (Å²) in [4.78, 5) is 12.7. The Morgan fingerprint density at radius 3 is 2.36 bits per heavy atom. The second kappa shape index (κ2) is 3.22. The number of hydrogen-bond acceptors (Lipinski definition) is 2. The van der Waals surface area contributed by atoms with Gasteiger partial charge in [0.15, 0.2) is 0 Å². The molecule has 1 aliphatic carbocycles. The second-order valence-electron chi connectivity index (χ2n) is 2.97. The van der Waals surface area contributed by atoms with Crippen LogP contribution in [0.1, 0.15) is 20.3 Å². The molecule has 0 aliphatic heterocycles. The lowest BCUT2D eigenvalue weighted by molar-refractivity contribution is -0.138. The van der Waals surface area contributed by atoms with E-state index in [2.05, 4.69) is 18.7 Å². The van der Waals surface area contributed by atoms with E-state index >= 15 is 0 Å². The maximum atomic E-state index is 10.5. The molecule has 2 unspecified atom stereocenters. The first kappa shape index (κ1) is 8.53. The Hall–Kier alpha value is -0.570. The van der Waals surface area contributed by atoms with Crippen LogP contribution >= 0.6 is 0 Å². The molecule has 1 rings (SSSR count). The SMILES string of the molecule is CCN(CC)C1CC1C(=O)O. The van der Waals surface area contributed by atoms with Crippen molar-refractivity contribution in [3.8, 4) is 0 Å². The van der Waals surface area contributed by atoms with Gasteiger partial charge in [-0.2, -0.15) is 0 Å². The van der Waals surface area contributed by atoms with E-state index < -0.39 is 5.97 Å². The van der Waals surface area contributed by atoms with Crippen LogP contribution in [-0.4, -0.2) is 35.1 Å². The van der Waals surface area contributed by atoms with Gasteiger partial charge >= 0.3 is 5.97 Å². The van der Waals surface area contributed by atoms with Gasteiger partial charge in [0.05, 0.1) is 5.92 Å². The molecule has 0 aromatic rings. The molecule has 0 radical (unpaired) electrons. The topological polar surface area (TPSA) is 40.5 Å². The van der Waals surface area contributed by atoms with E-state index in [0.29, 0.717) is 6.04 Å². The molecule has 0 saturated heterocycles. The Balaban J connectivity index is 2.35. The molecule has 0 aromatic carbocycles. The molecule has 0 heterocycles. The molecule has 64 valence electrons. The zero-order chi connectivity index (χ0) is 8.43. The van der Waals surface area contributed by atoms with Crippen molar-refractivity contribution in [2.75, 3.05) is 13.1 Å². The van der Waals surface area contributed by atoms with Crippen LogP contribution in [0.2, 0.25) is 0 Å². The van der Waals surface area contributed by atoms with Gasteiger partial charge in [-0.3, -0.25) is 4.79 Å². The average Bonchev–Trinajstić information content (AvgIpc) is 2.70. The van der Waals surface area contributed by atoms with Crippen LogP contribution in [0.4, 0.5) is 0 Å². The third-order valence-electron chi connectivity index (χ3n) is 2.36. The van der Waals surface area contributed by atoms with Crippen molar-refractivity contribution in [3.63, 3.8) is 0 Å². The smallest absolute Gasteiger partial charge is 0.308 e. The molecule has 0 amide bonds. The maximum Gasteiger partial charge on any atom is 0.308 e. The normalized spacial score (nSPS) is 29.0. The summed E-state index contributed by atoms with van der Waals surface area (Å²) in [7, 11) is 0. The molecule has 1 saturated carbocycles. The number of hydrogen-bond donors (Lipinski definition) is 1. The molecular weight excluding hydrogens is 142 g/mol. The summed E-state index contributed by atoms with van der Waals surface area (Å²) in [6, 6.07) is 0.322. The monoisotopic (exact) mass is 157 g/mol. The Labute approximate surface area is 67.0 Å². The van der Waals surface area contributed by atoms with E-state index in [9.17, 15) is 4.79 Å². The summed E-state index contributed by atoms with van der Waals surface area (Å²) in [6.45, 7) is 6.07. The first-order valence-electron chi connectivity index (χ1n) is 4.17. The van der Waals surface area contributed by atoms with Crippen molar-refractivity contribution in [2.24, 2.45) is 5.92 Å². The van der Waals surface area contributed by atoms with E-state index in [-0.39, 0.29) is 5.92 Å². The molecule has 3 nitrogen and oxygen atoms in total. The molecule has 1 fully saturated rings. The van der Waals surface area contributed by atoms with Crippen LogP contribution in [0.25, 0.3) is 0 Å². The first-order valence-corrected chi connectivity index (χ1v) is 4.17. The third kappa shape index (κ3) is 1.71. The Kier molecular flexibility index (Phi) is 2.49. The van der Waals surface area contributed by atoms with E-state index in [1.54, 1.807) is 0 Å². The van der Waals surface area contributed by atoms with E-state index in [1.807, 2.05) is 0 Å². The summed E-state index contributed by atoms with van der Waals surface area (Å²) in [5, 5.41) is 8.64. The number of nitrogens with zero attached hydrogens (tertiary/aromatic N) is 1. The van der Waals surface area contributed by atoms with Crippen LogP contribution in [0, 0.1) is 5.92 Å². The highest BCUT2D eigenvalue weighted by atomic mass is 16.4. The Morgan fingerprint density at radius 1 is 1.55 bits per heavy atom. The fourth-order valence-corrected chi connectivity index (χ4v) is 1.54. The highest BCUT2D eigenvalue weighted by Crippen LogP contribution is 2.35. The van der Waals surface area contributed by atoms with Crippen molar-refractivity contribution in [2.45, 2.75) is 26.3 Å². The average molecular weight is 157 g/mol. The minimum absolute atomic E-state index is 0.0881. The Morgan fingerprint density at radius 2 is 2.09 bits per heavy atom. The highest BCUT2D eigenvalue weighted by Gasteiger charge is 2.45. The van der Waals surface area contributed by atoms with Gasteiger partial charge in [0.1, 0.15) is 0 Å². The number of aliphatic carboxylic acids is 1. The summed E-state index contributed by atoms with van der Waals surface area (Å²) >= 11 is 0. The van der Waals surface area contributed by atoms with Gasteiger partial charge in [-0.15, -0.1) is 0 Å². The first-order chi connectivity index (χ1) is 5.20. The predicted octanol–water partition coefficient (Wildman–Crippen LogP) is 0.801. The largest absolute Gasteiger partial charge is 0.481 e. The lowest BCUT2D eigenvalue weighted by Crippen LogP contribution is -2.27. The van der Waals surface area contributed by atoms with E-state index in [0.717, 1.165) is 19.5 Å². The van der Waals surface area contributed by atoms with Crippen LogP contribution in [-0.2, 0) is 4.79 Å². The van der Waals surface area contributed by atoms with Gasteiger partial charge in [0, 0.05) is 6.04 Å². The lowest BCUT2D eigenvalue weighted by Gasteiger charge is -2.16. The van der Waals surface area contributed by atoms with Crippen molar-refractivity contribution in [1.82, 2.24) is 4.90 Å². The lowest BCUT2D eigenvalue weighted by atomic mass is 10.4. The summed E-state index contributed by atoms with van der Waals surface area (Å²) in [6.07, 6.45) is 0.844. The summed E-state index contributed by atoms with van der Waals surface area (Å²) in [5.41, 5.74) is 0. The van der Waals surface area contributed by atoms with E-state index in [4.69, 9.17) is 5.11 Å². The van der Waals surface area contributed by atoms with Gasteiger partial charge in [0.25, 0.3) is 0 Å². The molecule has 1 aliphatic rings. The molecule has 11 heavy (non-hydrogen) atoms. The van der Waals surface area contributed by atoms with Gasteiger partial charge < -0.3 is 10.0 Å². The van der Waals surface area contributed by atoms with Crippen molar-refractivity contribution >= 4 is 5.97 Å². The minimum Gasteiger partial charge on any atom is -0.481 e. The zero-order valence-corrected chi connectivity index (χ0v) is 7.08. The van der Waals surface area contributed by atoms with Crippen LogP contribution in [0.15, 0.2) is 0 Å². The van der Waals surface area contributed by atoms with Crippen LogP contribution < -0.4 is 0 Å². The molecular formula is C8H15NO2. The molecule has 3 heteroatoms. The van der Waals surface area contributed by atoms with Crippen LogP contribution in [0.5, 0.6) is 0 Å². The van der Waals surface area contributed by atoms with Gasteiger partial charge in [-0.05, 0) is 19.5 Å². The van der Waals surface area contributed by atoms with E-state index in [1.165, 1.54) is 0 Å². The fraction of sp³-hybridized carbons (Fsp3) is 0.875. The van der Waals surface area contributed by atoms with Gasteiger partial charge in [-0.25, -0.2) is 0 Å². The van der Waals surface area contributed by atoms with Crippen molar-refractivity contribution in [1.29, 1.82) is 0 Å². The number of carboxylic acids is 1. The van der Waals surface area contributed by atoms with Gasteiger partial charge in [0.2, 0.25) is 0 Å². The zero-order valence-electron chi connectivity index (χ0n) is 7.08. The molecule has 0 spiro atoms. The summed E-state index contributed by atoms with van der Waals surface area (Å²) < 4.78 is 0. The molecule has 0 bridgehead atoms. The number of rotatable bonds is 4. The predicted molar refractivity (Wildman–Crippen MR) is 42.5 cm³/mol. The molecule has 0 aromatic heterocycles. The van der Waals surface area contributed by atoms with Crippen LogP contribution in [0.3, 0.4) is 0 Å². The quantitative estimate of drug-likeness (QED) is 0.656. The summed E-state index contributed by atoms with van der Waals surface area (Å²) in [5.74, 6) is -0.725. The maximum absolute atomic E-state index is 10.5.